The summed E-state index contributed by atoms with van der Waals surface area (Å²) in [5.41, 5.74) is 3.75. The molecule has 3 rings (SSSR count). The molecular formula is C18H23N3O2. The Morgan fingerprint density at radius 2 is 2.04 bits per heavy atom. The maximum absolute atomic E-state index is 12.9. The smallest absolute Gasteiger partial charge is 0.274 e. The van der Waals surface area contributed by atoms with E-state index in [1.807, 2.05) is 30.3 Å². The molecule has 0 fully saturated rings. The Kier molecular flexibility index (Phi) is 4.76. The lowest BCUT2D eigenvalue weighted by Gasteiger charge is -2.28. The summed E-state index contributed by atoms with van der Waals surface area (Å²) in [5.74, 6) is -0.0771. The van der Waals surface area contributed by atoms with Gasteiger partial charge in [0.05, 0.1) is 6.04 Å². The second-order valence-electron chi connectivity index (χ2n) is 6.09. The predicted octanol–water partition coefficient (Wildman–Crippen LogP) is 2.48. The zero-order valence-electron chi connectivity index (χ0n) is 13.5. The molecule has 1 amide bonds. The number of aliphatic hydroxyl groups excluding tert-OH is 1. The first-order chi connectivity index (χ1) is 11.2. The predicted molar refractivity (Wildman–Crippen MR) is 88.2 cm³/mol. The third-order valence-electron chi connectivity index (χ3n) is 4.63. The quantitative estimate of drug-likeness (QED) is 0.891. The second kappa shape index (κ2) is 6.96. The number of aryl methyl sites for hydroxylation is 1. The standard InChI is InChI=1S/C18H23N3O2/c1-21(16(11-12-22)13-7-3-2-4-8-13)18(23)17-14-9-5-6-10-15(14)19-20-17/h2-4,7-8,16,22H,5-6,9-12H2,1H3,(H,19,20). The number of nitrogens with one attached hydrogen (secondary N) is 1. The van der Waals surface area contributed by atoms with E-state index in [0.29, 0.717) is 12.1 Å². The van der Waals surface area contributed by atoms with Gasteiger partial charge in [-0.1, -0.05) is 30.3 Å². The fraction of sp³-hybridized carbons (Fsp3) is 0.444. The minimum Gasteiger partial charge on any atom is -0.396 e. The van der Waals surface area contributed by atoms with E-state index in [0.717, 1.165) is 42.5 Å². The number of amides is 1. The topological polar surface area (TPSA) is 69.2 Å². The Morgan fingerprint density at radius 1 is 1.30 bits per heavy atom. The van der Waals surface area contributed by atoms with Gasteiger partial charge in [-0.3, -0.25) is 9.89 Å². The number of aromatic amines is 1. The maximum atomic E-state index is 12.9. The van der Waals surface area contributed by atoms with Crippen molar-refractivity contribution in [1.82, 2.24) is 15.1 Å². The molecule has 0 aliphatic heterocycles. The number of rotatable bonds is 5. The molecule has 0 radical (unpaired) electrons. The van der Waals surface area contributed by atoms with Crippen LogP contribution in [0.4, 0.5) is 0 Å². The molecule has 0 saturated carbocycles. The number of carbonyl (C=O) groups is 1. The number of nitrogens with zero attached hydrogens (tertiary/aromatic N) is 2. The third kappa shape index (κ3) is 3.15. The SMILES string of the molecule is CN(C(=O)c1n[nH]c2c1CCCC2)C(CCO)c1ccccc1. The fourth-order valence-electron chi connectivity index (χ4n) is 3.35. The molecule has 1 heterocycles. The van der Waals surface area contributed by atoms with Gasteiger partial charge >= 0.3 is 0 Å². The van der Waals surface area contributed by atoms with Crippen molar-refractivity contribution in [3.8, 4) is 0 Å². The van der Waals surface area contributed by atoms with Crippen molar-refractivity contribution in [2.24, 2.45) is 0 Å². The van der Waals surface area contributed by atoms with Crippen molar-refractivity contribution in [2.45, 2.75) is 38.1 Å². The monoisotopic (exact) mass is 313 g/mol. The van der Waals surface area contributed by atoms with Crippen LogP contribution in [0.2, 0.25) is 0 Å². The van der Waals surface area contributed by atoms with Gasteiger partial charge in [-0.15, -0.1) is 0 Å². The third-order valence-corrected chi connectivity index (χ3v) is 4.63. The lowest BCUT2D eigenvalue weighted by molar-refractivity contribution is 0.0698. The molecule has 1 unspecified atom stereocenters. The minimum atomic E-state index is -0.148. The largest absolute Gasteiger partial charge is 0.396 e. The van der Waals surface area contributed by atoms with Crippen LogP contribution >= 0.6 is 0 Å². The molecule has 0 saturated heterocycles. The summed E-state index contributed by atoms with van der Waals surface area (Å²) >= 11 is 0. The molecule has 1 aliphatic carbocycles. The first-order valence-electron chi connectivity index (χ1n) is 8.21. The second-order valence-corrected chi connectivity index (χ2v) is 6.09. The van der Waals surface area contributed by atoms with Crippen LogP contribution in [0.15, 0.2) is 30.3 Å². The summed E-state index contributed by atoms with van der Waals surface area (Å²) in [4.78, 5) is 14.6. The van der Waals surface area contributed by atoms with E-state index in [1.54, 1.807) is 11.9 Å². The zero-order valence-corrected chi connectivity index (χ0v) is 13.5. The maximum Gasteiger partial charge on any atom is 0.274 e. The van der Waals surface area contributed by atoms with Crippen molar-refractivity contribution in [2.75, 3.05) is 13.7 Å². The van der Waals surface area contributed by atoms with Crippen LogP contribution in [0.1, 0.15) is 52.6 Å². The Morgan fingerprint density at radius 3 is 2.78 bits per heavy atom. The van der Waals surface area contributed by atoms with Crippen LogP contribution in [-0.4, -0.2) is 39.8 Å². The summed E-state index contributed by atoms with van der Waals surface area (Å²) in [6, 6.07) is 9.69. The Labute approximate surface area is 136 Å². The number of benzene rings is 1. The lowest BCUT2D eigenvalue weighted by atomic mass is 9.95. The molecule has 122 valence electrons. The van der Waals surface area contributed by atoms with Crippen molar-refractivity contribution < 1.29 is 9.90 Å². The molecule has 2 aromatic rings. The van der Waals surface area contributed by atoms with E-state index in [-0.39, 0.29) is 18.6 Å². The molecule has 1 aromatic heterocycles. The van der Waals surface area contributed by atoms with Crippen LogP contribution in [0.25, 0.3) is 0 Å². The average Bonchev–Trinajstić information content (AvgIpc) is 3.03. The van der Waals surface area contributed by atoms with Gasteiger partial charge in [0.1, 0.15) is 0 Å². The van der Waals surface area contributed by atoms with E-state index in [9.17, 15) is 9.90 Å². The van der Waals surface area contributed by atoms with E-state index >= 15 is 0 Å². The summed E-state index contributed by atoms with van der Waals surface area (Å²) in [5, 5.41) is 16.7. The van der Waals surface area contributed by atoms with Crippen LogP contribution < -0.4 is 0 Å². The van der Waals surface area contributed by atoms with Crippen molar-refractivity contribution in [3.05, 3.63) is 52.8 Å². The van der Waals surface area contributed by atoms with E-state index in [2.05, 4.69) is 10.2 Å². The van der Waals surface area contributed by atoms with E-state index < -0.39 is 0 Å². The highest BCUT2D eigenvalue weighted by atomic mass is 16.3. The first-order valence-corrected chi connectivity index (χ1v) is 8.21. The number of hydrogen-bond donors (Lipinski definition) is 2. The van der Waals surface area contributed by atoms with Gasteiger partial charge in [-0.25, -0.2) is 0 Å². The minimum absolute atomic E-state index is 0.0376. The molecule has 5 heteroatoms. The summed E-state index contributed by atoms with van der Waals surface area (Å²) < 4.78 is 0. The van der Waals surface area contributed by atoms with Crippen LogP contribution in [0.5, 0.6) is 0 Å². The number of aliphatic hydroxyl groups is 1. The summed E-state index contributed by atoms with van der Waals surface area (Å²) in [6.45, 7) is 0.0376. The highest BCUT2D eigenvalue weighted by Gasteiger charge is 2.28. The highest BCUT2D eigenvalue weighted by Crippen LogP contribution is 2.27. The van der Waals surface area contributed by atoms with Crippen molar-refractivity contribution >= 4 is 5.91 Å². The zero-order chi connectivity index (χ0) is 16.2. The molecule has 1 aromatic carbocycles. The summed E-state index contributed by atoms with van der Waals surface area (Å²) in [7, 11) is 1.79. The fourth-order valence-corrected chi connectivity index (χ4v) is 3.35. The molecule has 23 heavy (non-hydrogen) atoms. The Balaban J connectivity index is 1.86. The van der Waals surface area contributed by atoms with Crippen molar-refractivity contribution in [3.63, 3.8) is 0 Å². The van der Waals surface area contributed by atoms with Gasteiger partial charge in [-0.2, -0.15) is 5.10 Å². The number of fused-ring (bicyclic) bond motifs is 1. The molecule has 0 spiro atoms. The van der Waals surface area contributed by atoms with E-state index in [1.165, 1.54) is 0 Å². The van der Waals surface area contributed by atoms with Crippen LogP contribution in [0.3, 0.4) is 0 Å². The lowest BCUT2D eigenvalue weighted by Crippen LogP contribution is -2.33. The first kappa shape index (κ1) is 15.7. The Bertz CT molecular complexity index is 666. The number of hydrogen-bond acceptors (Lipinski definition) is 3. The average molecular weight is 313 g/mol. The number of carbonyl (C=O) groups excluding carboxylic acids is 1. The highest BCUT2D eigenvalue weighted by molar-refractivity contribution is 5.94. The van der Waals surface area contributed by atoms with Gasteiger partial charge in [0.25, 0.3) is 5.91 Å². The number of H-pyrrole nitrogens is 1. The molecule has 2 N–H and O–H groups in total. The molecule has 1 atom stereocenters. The van der Waals surface area contributed by atoms with Gasteiger partial charge in [-0.05, 0) is 37.7 Å². The van der Waals surface area contributed by atoms with Crippen LogP contribution in [0, 0.1) is 0 Å². The van der Waals surface area contributed by atoms with Gasteiger partial charge < -0.3 is 10.0 Å². The van der Waals surface area contributed by atoms with Crippen LogP contribution in [-0.2, 0) is 12.8 Å². The van der Waals surface area contributed by atoms with Gasteiger partial charge in [0.15, 0.2) is 5.69 Å². The molecule has 0 bridgehead atoms. The molecule has 1 aliphatic rings. The molecule has 5 nitrogen and oxygen atoms in total. The van der Waals surface area contributed by atoms with E-state index in [4.69, 9.17) is 0 Å². The van der Waals surface area contributed by atoms with Gasteiger partial charge in [0.2, 0.25) is 0 Å². The number of aromatic nitrogens is 2. The summed E-state index contributed by atoms with van der Waals surface area (Å²) in [6.07, 6.45) is 4.65. The van der Waals surface area contributed by atoms with Gasteiger partial charge in [0, 0.05) is 24.9 Å². The molecular weight excluding hydrogens is 290 g/mol. The Hall–Kier alpha value is -2.14. The normalized spacial score (nSPS) is 15.0. The van der Waals surface area contributed by atoms with Crippen molar-refractivity contribution in [1.29, 1.82) is 0 Å².